The highest BCUT2D eigenvalue weighted by Gasteiger charge is 2.05. The van der Waals surface area contributed by atoms with Gasteiger partial charge in [0.15, 0.2) is 0 Å². The van der Waals surface area contributed by atoms with Crippen molar-refractivity contribution in [2.24, 2.45) is 0 Å². The minimum absolute atomic E-state index is 0.188. The minimum Gasteiger partial charge on any atom is -0.326 e. The number of hydrogen-bond donors (Lipinski definition) is 2. The maximum Gasteiger partial charge on any atom is 0.252 e. The first kappa shape index (κ1) is 16.2. The van der Waals surface area contributed by atoms with Gasteiger partial charge in [-0.25, -0.2) is 4.98 Å². The maximum atomic E-state index is 11.7. The highest BCUT2D eigenvalue weighted by atomic mass is 35.5. The summed E-state index contributed by atoms with van der Waals surface area (Å²) >= 11 is 13.6. The Balaban J connectivity index is 2.19. The second-order valence-corrected chi connectivity index (χ2v) is 7.08. The van der Waals surface area contributed by atoms with Crippen molar-refractivity contribution in [3.05, 3.63) is 50.4 Å². The van der Waals surface area contributed by atoms with Crippen molar-refractivity contribution in [2.45, 2.75) is 24.9 Å². The third-order valence-electron chi connectivity index (χ3n) is 2.54. The minimum atomic E-state index is -0.188. The number of thioether (sulfide) groups is 1. The van der Waals surface area contributed by atoms with Crippen LogP contribution in [0.2, 0.25) is 10.0 Å². The SMILES string of the molecule is CC(C)SCc1cc(=O)[nH]c(Nc2ccc(Cl)c(Cl)c2)n1. The lowest BCUT2D eigenvalue weighted by atomic mass is 10.3. The maximum absolute atomic E-state index is 11.7. The average Bonchev–Trinajstić information content (AvgIpc) is 2.40. The van der Waals surface area contributed by atoms with E-state index in [2.05, 4.69) is 29.1 Å². The van der Waals surface area contributed by atoms with Gasteiger partial charge in [-0.15, -0.1) is 0 Å². The Bertz CT molecular complexity index is 688. The summed E-state index contributed by atoms with van der Waals surface area (Å²) in [5.74, 6) is 1.08. The average molecular weight is 344 g/mol. The lowest BCUT2D eigenvalue weighted by Crippen LogP contribution is -2.12. The molecule has 0 saturated carbocycles. The van der Waals surface area contributed by atoms with Gasteiger partial charge in [0, 0.05) is 17.5 Å². The van der Waals surface area contributed by atoms with Crippen molar-refractivity contribution in [1.82, 2.24) is 9.97 Å². The summed E-state index contributed by atoms with van der Waals surface area (Å²) in [7, 11) is 0. The Labute approximate surface area is 137 Å². The van der Waals surface area contributed by atoms with Crippen molar-refractivity contribution < 1.29 is 0 Å². The molecule has 1 aromatic heterocycles. The van der Waals surface area contributed by atoms with Gasteiger partial charge >= 0.3 is 0 Å². The lowest BCUT2D eigenvalue weighted by Gasteiger charge is -2.09. The van der Waals surface area contributed by atoms with Crippen molar-refractivity contribution in [2.75, 3.05) is 5.32 Å². The summed E-state index contributed by atoms with van der Waals surface area (Å²) in [6, 6.07) is 6.64. The van der Waals surface area contributed by atoms with Crippen LogP contribution in [0.25, 0.3) is 0 Å². The fourth-order valence-electron chi connectivity index (χ4n) is 1.60. The van der Waals surface area contributed by atoms with Gasteiger partial charge in [0.25, 0.3) is 5.56 Å². The number of aromatic nitrogens is 2. The zero-order valence-corrected chi connectivity index (χ0v) is 13.9. The Kier molecular flexibility index (Phi) is 5.56. The number of benzene rings is 1. The largest absolute Gasteiger partial charge is 0.326 e. The molecule has 1 heterocycles. The summed E-state index contributed by atoms with van der Waals surface area (Å²) in [4.78, 5) is 18.7. The van der Waals surface area contributed by atoms with Gasteiger partial charge in [-0.05, 0) is 23.4 Å². The van der Waals surface area contributed by atoms with E-state index in [1.54, 1.807) is 30.0 Å². The van der Waals surface area contributed by atoms with Crippen LogP contribution in [0.3, 0.4) is 0 Å². The van der Waals surface area contributed by atoms with Gasteiger partial charge in [0.2, 0.25) is 5.95 Å². The molecule has 0 aliphatic rings. The molecule has 2 rings (SSSR count). The van der Waals surface area contributed by atoms with E-state index in [0.29, 0.717) is 32.7 Å². The molecule has 4 nitrogen and oxygen atoms in total. The van der Waals surface area contributed by atoms with Crippen molar-refractivity contribution >= 4 is 46.6 Å². The molecule has 0 saturated heterocycles. The van der Waals surface area contributed by atoms with E-state index >= 15 is 0 Å². The molecule has 0 atom stereocenters. The van der Waals surface area contributed by atoms with Crippen LogP contribution >= 0.6 is 35.0 Å². The fraction of sp³-hybridized carbons (Fsp3) is 0.286. The normalized spacial score (nSPS) is 10.9. The molecule has 112 valence electrons. The molecule has 0 fully saturated rings. The number of anilines is 2. The van der Waals surface area contributed by atoms with Gasteiger partial charge < -0.3 is 5.32 Å². The van der Waals surface area contributed by atoms with Crippen LogP contribution in [0.15, 0.2) is 29.1 Å². The van der Waals surface area contributed by atoms with Crippen molar-refractivity contribution in [1.29, 1.82) is 0 Å². The number of H-pyrrole nitrogens is 1. The number of hydrogen-bond acceptors (Lipinski definition) is 4. The number of aromatic amines is 1. The van der Waals surface area contributed by atoms with Crippen LogP contribution in [-0.2, 0) is 5.75 Å². The standard InChI is InChI=1S/C14H15Cl2N3OS/c1-8(2)21-7-10-6-13(20)19-14(18-10)17-9-3-4-11(15)12(16)5-9/h3-6,8H,7H2,1-2H3,(H2,17,18,19,20). The quantitative estimate of drug-likeness (QED) is 0.841. The molecule has 21 heavy (non-hydrogen) atoms. The van der Waals surface area contributed by atoms with Gasteiger partial charge in [0.1, 0.15) is 0 Å². The molecule has 2 aromatic rings. The first-order valence-corrected chi connectivity index (χ1v) is 8.18. The predicted octanol–water partition coefficient (Wildman–Crippen LogP) is 4.46. The molecule has 2 N–H and O–H groups in total. The molecule has 7 heteroatoms. The smallest absolute Gasteiger partial charge is 0.252 e. The van der Waals surface area contributed by atoms with Crippen LogP contribution in [0.4, 0.5) is 11.6 Å². The van der Waals surface area contributed by atoms with Crippen molar-refractivity contribution in [3.8, 4) is 0 Å². The van der Waals surface area contributed by atoms with E-state index < -0.39 is 0 Å². The van der Waals surface area contributed by atoms with E-state index in [9.17, 15) is 4.79 Å². The van der Waals surface area contributed by atoms with E-state index in [1.807, 2.05) is 0 Å². The monoisotopic (exact) mass is 343 g/mol. The van der Waals surface area contributed by atoms with Gasteiger partial charge in [-0.2, -0.15) is 11.8 Å². The molecule has 0 amide bonds. The van der Waals surface area contributed by atoms with E-state index in [0.717, 1.165) is 5.69 Å². The molecular weight excluding hydrogens is 329 g/mol. The van der Waals surface area contributed by atoms with Gasteiger partial charge in [0.05, 0.1) is 15.7 Å². The number of rotatable bonds is 5. The predicted molar refractivity (Wildman–Crippen MR) is 91.0 cm³/mol. The highest BCUT2D eigenvalue weighted by molar-refractivity contribution is 7.99. The summed E-state index contributed by atoms with van der Waals surface area (Å²) in [6.07, 6.45) is 0. The number of halogens is 2. The Hall–Kier alpha value is -1.17. The molecule has 0 aliphatic carbocycles. The van der Waals surface area contributed by atoms with E-state index in [1.165, 1.54) is 6.07 Å². The Morgan fingerprint density at radius 1 is 1.29 bits per heavy atom. The first-order chi connectivity index (χ1) is 9.94. The molecule has 0 unspecified atom stereocenters. The van der Waals surface area contributed by atoms with Crippen LogP contribution in [0, 0.1) is 0 Å². The van der Waals surface area contributed by atoms with Gasteiger partial charge in [-0.1, -0.05) is 37.0 Å². The van der Waals surface area contributed by atoms with Gasteiger partial charge in [-0.3, -0.25) is 9.78 Å². The zero-order valence-electron chi connectivity index (χ0n) is 11.6. The number of nitrogens with one attached hydrogen (secondary N) is 2. The summed E-state index contributed by atoms with van der Waals surface area (Å²) < 4.78 is 0. The van der Waals surface area contributed by atoms with Crippen LogP contribution in [0.5, 0.6) is 0 Å². The second-order valence-electron chi connectivity index (χ2n) is 4.70. The first-order valence-electron chi connectivity index (χ1n) is 6.38. The van der Waals surface area contributed by atoms with Crippen LogP contribution in [0.1, 0.15) is 19.5 Å². The third kappa shape index (κ3) is 4.95. The third-order valence-corrected chi connectivity index (χ3v) is 4.41. The molecule has 1 aromatic carbocycles. The fourth-order valence-corrected chi connectivity index (χ4v) is 2.55. The molecule has 0 bridgehead atoms. The highest BCUT2D eigenvalue weighted by Crippen LogP contribution is 2.26. The van der Waals surface area contributed by atoms with E-state index in [-0.39, 0.29) is 5.56 Å². The van der Waals surface area contributed by atoms with E-state index in [4.69, 9.17) is 23.2 Å². The molecule has 0 spiro atoms. The summed E-state index contributed by atoms with van der Waals surface area (Å²) in [6.45, 7) is 4.21. The number of nitrogens with zero attached hydrogens (tertiary/aromatic N) is 1. The molecule has 0 aliphatic heterocycles. The summed E-state index contributed by atoms with van der Waals surface area (Å²) in [5, 5.41) is 4.42. The lowest BCUT2D eigenvalue weighted by molar-refractivity contribution is 1.05. The topological polar surface area (TPSA) is 57.8 Å². The Morgan fingerprint density at radius 3 is 2.71 bits per heavy atom. The molecule has 0 radical (unpaired) electrons. The summed E-state index contributed by atoms with van der Waals surface area (Å²) in [5.41, 5.74) is 1.26. The Morgan fingerprint density at radius 2 is 2.05 bits per heavy atom. The second kappa shape index (κ2) is 7.20. The van der Waals surface area contributed by atoms with Crippen LogP contribution in [-0.4, -0.2) is 15.2 Å². The van der Waals surface area contributed by atoms with Crippen LogP contribution < -0.4 is 10.9 Å². The zero-order chi connectivity index (χ0) is 15.4. The van der Waals surface area contributed by atoms with Crippen molar-refractivity contribution in [3.63, 3.8) is 0 Å². The molecular formula is C14H15Cl2N3OS.